The maximum Gasteiger partial charge on any atom is 0.0600 e. The van der Waals surface area contributed by atoms with Gasteiger partial charge in [-0.25, -0.2) is 0 Å². The first-order valence-electron chi connectivity index (χ1n) is 4.64. The van der Waals surface area contributed by atoms with Crippen molar-refractivity contribution in [2.24, 2.45) is 0 Å². The summed E-state index contributed by atoms with van der Waals surface area (Å²) in [6, 6.07) is 4.19. The van der Waals surface area contributed by atoms with Crippen molar-refractivity contribution >= 4 is 11.4 Å². The lowest BCUT2D eigenvalue weighted by molar-refractivity contribution is 0.968. The van der Waals surface area contributed by atoms with Crippen molar-refractivity contribution in [2.75, 3.05) is 24.2 Å². The van der Waals surface area contributed by atoms with Gasteiger partial charge >= 0.3 is 0 Å². The minimum absolute atomic E-state index is 0.868. The molecule has 0 aliphatic rings. The van der Waals surface area contributed by atoms with Crippen LogP contribution in [0.5, 0.6) is 0 Å². The third-order valence-electron chi connectivity index (χ3n) is 2.53. The van der Waals surface area contributed by atoms with Crippen LogP contribution in [-0.4, -0.2) is 13.6 Å². The van der Waals surface area contributed by atoms with Gasteiger partial charge in [-0.1, -0.05) is 0 Å². The molecule has 2 nitrogen and oxygen atoms in total. The summed E-state index contributed by atoms with van der Waals surface area (Å²) < 4.78 is 0. The lowest BCUT2D eigenvalue weighted by atomic mass is 10.1. The molecule has 0 heterocycles. The molecule has 0 amide bonds. The van der Waals surface area contributed by atoms with E-state index in [2.05, 4.69) is 38.8 Å². The fraction of sp³-hybridized carbons (Fsp3) is 0.455. The van der Waals surface area contributed by atoms with E-state index >= 15 is 0 Å². The molecule has 0 bridgehead atoms. The van der Waals surface area contributed by atoms with Gasteiger partial charge in [-0.05, 0) is 44.0 Å². The van der Waals surface area contributed by atoms with Gasteiger partial charge in [0.1, 0.15) is 0 Å². The molecule has 2 N–H and O–H groups in total. The standard InChI is InChI=1S/C11H18N2/c1-5-13(4)11-7-9(3)8(2)6-10(11)12/h6-7H,5,12H2,1-4H3. The van der Waals surface area contributed by atoms with Crippen LogP contribution in [0.1, 0.15) is 18.1 Å². The van der Waals surface area contributed by atoms with Gasteiger partial charge in [0.15, 0.2) is 0 Å². The molecule has 0 fully saturated rings. The molecule has 1 aromatic rings. The number of nitrogens with two attached hydrogens (primary N) is 1. The van der Waals surface area contributed by atoms with Crippen LogP contribution in [-0.2, 0) is 0 Å². The SMILES string of the molecule is CCN(C)c1cc(C)c(C)cc1N. The summed E-state index contributed by atoms with van der Waals surface area (Å²) in [6.45, 7) is 7.30. The maximum absolute atomic E-state index is 5.93. The fourth-order valence-corrected chi connectivity index (χ4v) is 1.32. The van der Waals surface area contributed by atoms with Crippen molar-refractivity contribution in [3.05, 3.63) is 23.3 Å². The Morgan fingerprint density at radius 3 is 2.31 bits per heavy atom. The molecule has 0 unspecified atom stereocenters. The second kappa shape index (κ2) is 3.69. The number of nitrogens with zero attached hydrogens (tertiary/aromatic N) is 1. The average molecular weight is 178 g/mol. The van der Waals surface area contributed by atoms with Crippen molar-refractivity contribution < 1.29 is 0 Å². The van der Waals surface area contributed by atoms with E-state index in [1.54, 1.807) is 0 Å². The molecule has 1 rings (SSSR count). The molecule has 0 radical (unpaired) electrons. The van der Waals surface area contributed by atoms with Crippen LogP contribution in [0.15, 0.2) is 12.1 Å². The monoisotopic (exact) mass is 178 g/mol. The number of aryl methyl sites for hydroxylation is 2. The van der Waals surface area contributed by atoms with E-state index < -0.39 is 0 Å². The quantitative estimate of drug-likeness (QED) is 0.704. The van der Waals surface area contributed by atoms with Crippen molar-refractivity contribution in [2.45, 2.75) is 20.8 Å². The Morgan fingerprint density at radius 2 is 1.77 bits per heavy atom. The third kappa shape index (κ3) is 1.94. The highest BCUT2D eigenvalue weighted by molar-refractivity contribution is 5.69. The topological polar surface area (TPSA) is 29.3 Å². The van der Waals surface area contributed by atoms with Gasteiger partial charge < -0.3 is 10.6 Å². The molecule has 1 aromatic carbocycles. The van der Waals surface area contributed by atoms with Crippen LogP contribution >= 0.6 is 0 Å². The smallest absolute Gasteiger partial charge is 0.0600 e. The molecule has 0 aliphatic carbocycles. The van der Waals surface area contributed by atoms with Gasteiger partial charge in [0.2, 0.25) is 0 Å². The lowest BCUT2D eigenvalue weighted by Crippen LogP contribution is -2.17. The Morgan fingerprint density at radius 1 is 1.23 bits per heavy atom. The van der Waals surface area contributed by atoms with E-state index in [-0.39, 0.29) is 0 Å². The van der Waals surface area contributed by atoms with Crippen LogP contribution < -0.4 is 10.6 Å². The second-order valence-corrected chi connectivity index (χ2v) is 3.51. The summed E-state index contributed by atoms with van der Waals surface area (Å²) in [6.07, 6.45) is 0. The lowest BCUT2D eigenvalue weighted by Gasteiger charge is -2.20. The van der Waals surface area contributed by atoms with Crippen LogP contribution in [0.25, 0.3) is 0 Å². The molecule has 0 atom stereocenters. The largest absolute Gasteiger partial charge is 0.397 e. The summed E-state index contributed by atoms with van der Waals surface area (Å²) >= 11 is 0. The Balaban J connectivity index is 3.15. The average Bonchev–Trinajstić information content (AvgIpc) is 2.10. The molecule has 0 saturated heterocycles. The first kappa shape index (κ1) is 9.90. The summed E-state index contributed by atoms with van der Waals surface area (Å²) in [5, 5.41) is 0. The van der Waals surface area contributed by atoms with Gasteiger partial charge in [-0.2, -0.15) is 0 Å². The molecule has 2 heteroatoms. The normalized spacial score (nSPS) is 10.2. The highest BCUT2D eigenvalue weighted by Gasteiger charge is 2.05. The number of anilines is 2. The van der Waals surface area contributed by atoms with Crippen LogP contribution in [0.4, 0.5) is 11.4 Å². The molecule has 0 saturated carbocycles. The van der Waals surface area contributed by atoms with Crippen LogP contribution in [0.3, 0.4) is 0 Å². The van der Waals surface area contributed by atoms with E-state index in [1.807, 2.05) is 6.07 Å². The summed E-state index contributed by atoms with van der Waals surface area (Å²) in [5.41, 5.74) is 10.5. The van der Waals surface area contributed by atoms with Gasteiger partial charge in [-0.15, -0.1) is 0 Å². The highest BCUT2D eigenvalue weighted by Crippen LogP contribution is 2.25. The predicted octanol–water partition coefficient (Wildman–Crippen LogP) is 2.34. The molecule has 0 spiro atoms. The van der Waals surface area contributed by atoms with Crippen molar-refractivity contribution in [3.63, 3.8) is 0 Å². The number of nitrogen functional groups attached to an aromatic ring is 1. The van der Waals surface area contributed by atoms with Gasteiger partial charge in [-0.3, -0.25) is 0 Å². The maximum atomic E-state index is 5.93. The van der Waals surface area contributed by atoms with Crippen molar-refractivity contribution in [3.8, 4) is 0 Å². The molecule has 13 heavy (non-hydrogen) atoms. The minimum Gasteiger partial charge on any atom is -0.397 e. The molecular formula is C11H18N2. The molecule has 0 aromatic heterocycles. The van der Waals surface area contributed by atoms with E-state index in [9.17, 15) is 0 Å². The van der Waals surface area contributed by atoms with Crippen molar-refractivity contribution in [1.82, 2.24) is 0 Å². The highest BCUT2D eigenvalue weighted by atomic mass is 15.1. The Labute approximate surface area is 80.4 Å². The Bertz CT molecular complexity index is 305. The van der Waals surface area contributed by atoms with E-state index in [1.165, 1.54) is 11.1 Å². The summed E-state index contributed by atoms with van der Waals surface area (Å²) in [5.74, 6) is 0. The molecule has 72 valence electrons. The zero-order valence-corrected chi connectivity index (χ0v) is 8.89. The number of benzene rings is 1. The Hall–Kier alpha value is -1.18. The first-order valence-corrected chi connectivity index (χ1v) is 4.64. The van der Waals surface area contributed by atoms with Gasteiger partial charge in [0.25, 0.3) is 0 Å². The third-order valence-corrected chi connectivity index (χ3v) is 2.53. The zero-order chi connectivity index (χ0) is 10.0. The number of rotatable bonds is 2. The van der Waals surface area contributed by atoms with Crippen LogP contribution in [0.2, 0.25) is 0 Å². The predicted molar refractivity (Wildman–Crippen MR) is 59.3 cm³/mol. The van der Waals surface area contributed by atoms with Crippen molar-refractivity contribution in [1.29, 1.82) is 0 Å². The molecular weight excluding hydrogens is 160 g/mol. The first-order chi connectivity index (χ1) is 6.06. The zero-order valence-electron chi connectivity index (χ0n) is 8.89. The second-order valence-electron chi connectivity index (χ2n) is 3.51. The fourth-order valence-electron chi connectivity index (χ4n) is 1.32. The summed E-state index contributed by atoms with van der Waals surface area (Å²) in [4.78, 5) is 2.15. The summed E-state index contributed by atoms with van der Waals surface area (Å²) in [7, 11) is 2.06. The molecule has 0 aliphatic heterocycles. The minimum atomic E-state index is 0.868. The van der Waals surface area contributed by atoms with E-state index in [0.717, 1.165) is 17.9 Å². The Kier molecular flexibility index (Phi) is 2.81. The van der Waals surface area contributed by atoms with Gasteiger partial charge in [0.05, 0.1) is 11.4 Å². The van der Waals surface area contributed by atoms with E-state index in [4.69, 9.17) is 5.73 Å². The van der Waals surface area contributed by atoms with Gasteiger partial charge in [0, 0.05) is 13.6 Å². The number of hydrogen-bond acceptors (Lipinski definition) is 2. The number of hydrogen-bond donors (Lipinski definition) is 1. The van der Waals surface area contributed by atoms with E-state index in [0.29, 0.717) is 0 Å². The van der Waals surface area contributed by atoms with Crippen LogP contribution in [0, 0.1) is 13.8 Å².